The smallest absolute Gasteiger partial charge is 0.188 e. The monoisotopic (exact) mass is 396 g/mol. The van der Waals surface area contributed by atoms with Gasteiger partial charge in [-0.15, -0.1) is 24.0 Å². The summed E-state index contributed by atoms with van der Waals surface area (Å²) in [5, 5.41) is 3.38. The first kappa shape index (κ1) is 20.0. The molecule has 4 nitrogen and oxygen atoms in total. The van der Waals surface area contributed by atoms with Gasteiger partial charge in [-0.25, -0.2) is 0 Å². The van der Waals surface area contributed by atoms with Crippen molar-refractivity contribution in [3.63, 3.8) is 0 Å². The summed E-state index contributed by atoms with van der Waals surface area (Å²) >= 11 is 0. The summed E-state index contributed by atoms with van der Waals surface area (Å²) in [5.41, 5.74) is 6.00. The Morgan fingerprint density at radius 2 is 1.85 bits per heavy atom. The molecule has 3 N–H and O–H groups in total. The van der Waals surface area contributed by atoms with E-state index in [1.165, 1.54) is 32.1 Å². The van der Waals surface area contributed by atoms with Crippen molar-refractivity contribution in [1.29, 1.82) is 0 Å². The number of aliphatic imine (C=N–C) groups is 1. The SMILES string of the molecule is CC(C)CC(CN=C(N)NC1CCCCC1)N(C)C.I. The van der Waals surface area contributed by atoms with Gasteiger partial charge in [0.1, 0.15) is 0 Å². The van der Waals surface area contributed by atoms with E-state index in [0.29, 0.717) is 24.0 Å². The van der Waals surface area contributed by atoms with Crippen LogP contribution in [0.25, 0.3) is 0 Å². The molecule has 0 spiro atoms. The van der Waals surface area contributed by atoms with E-state index < -0.39 is 0 Å². The number of hydrogen-bond donors (Lipinski definition) is 2. The lowest BCUT2D eigenvalue weighted by Crippen LogP contribution is -2.42. The molecule has 1 atom stereocenters. The van der Waals surface area contributed by atoms with Crippen LogP contribution in [0.3, 0.4) is 0 Å². The first-order chi connectivity index (χ1) is 8.99. The molecule has 1 aliphatic rings. The highest BCUT2D eigenvalue weighted by atomic mass is 127. The van der Waals surface area contributed by atoms with E-state index in [2.05, 4.69) is 43.2 Å². The molecule has 0 saturated heterocycles. The van der Waals surface area contributed by atoms with Crippen LogP contribution in [0.2, 0.25) is 0 Å². The largest absolute Gasteiger partial charge is 0.370 e. The fraction of sp³-hybridized carbons (Fsp3) is 0.933. The van der Waals surface area contributed by atoms with Crippen molar-refractivity contribution in [3.05, 3.63) is 0 Å². The quantitative estimate of drug-likeness (QED) is 0.413. The van der Waals surface area contributed by atoms with Crippen LogP contribution in [0, 0.1) is 5.92 Å². The second-order valence-electron chi connectivity index (χ2n) is 6.45. The maximum absolute atomic E-state index is 6.00. The second-order valence-corrected chi connectivity index (χ2v) is 6.45. The maximum atomic E-state index is 6.00. The summed E-state index contributed by atoms with van der Waals surface area (Å²) in [7, 11) is 4.24. The van der Waals surface area contributed by atoms with Crippen LogP contribution in [-0.2, 0) is 0 Å². The van der Waals surface area contributed by atoms with Gasteiger partial charge in [0.15, 0.2) is 5.96 Å². The van der Waals surface area contributed by atoms with Gasteiger partial charge in [-0.1, -0.05) is 33.1 Å². The number of rotatable bonds is 6. The van der Waals surface area contributed by atoms with E-state index in [-0.39, 0.29) is 24.0 Å². The zero-order chi connectivity index (χ0) is 14.3. The Balaban J connectivity index is 0.00000361. The lowest BCUT2D eigenvalue weighted by molar-refractivity contribution is 0.261. The molecule has 0 aliphatic heterocycles. The third-order valence-corrected chi connectivity index (χ3v) is 3.90. The highest BCUT2D eigenvalue weighted by Crippen LogP contribution is 2.17. The number of likely N-dealkylation sites (N-methyl/N-ethyl adjacent to an activating group) is 1. The molecule has 5 heteroatoms. The third kappa shape index (κ3) is 8.29. The van der Waals surface area contributed by atoms with Gasteiger partial charge in [0.25, 0.3) is 0 Å². The first-order valence-electron chi connectivity index (χ1n) is 7.72. The Kier molecular flexibility index (Phi) is 10.6. The molecule has 1 fully saturated rings. The number of guanidine groups is 1. The average molecular weight is 396 g/mol. The van der Waals surface area contributed by atoms with Crippen LogP contribution in [0.4, 0.5) is 0 Å². The van der Waals surface area contributed by atoms with Crippen molar-refractivity contribution in [3.8, 4) is 0 Å². The minimum atomic E-state index is 0. The zero-order valence-electron chi connectivity index (χ0n) is 13.6. The molecule has 0 aromatic heterocycles. The molecule has 120 valence electrons. The summed E-state index contributed by atoms with van der Waals surface area (Å²) < 4.78 is 0. The van der Waals surface area contributed by atoms with Crippen LogP contribution in [-0.4, -0.2) is 43.6 Å². The van der Waals surface area contributed by atoms with Crippen LogP contribution >= 0.6 is 24.0 Å². The standard InChI is InChI=1S/C15H32N4.HI/c1-12(2)10-14(19(3)4)11-17-15(16)18-13-8-6-5-7-9-13;/h12-14H,5-11H2,1-4H3,(H3,16,17,18);1H. The molecule has 0 heterocycles. The Hall–Kier alpha value is -0.0400. The summed E-state index contributed by atoms with van der Waals surface area (Å²) in [5.74, 6) is 1.32. The highest BCUT2D eigenvalue weighted by molar-refractivity contribution is 14.0. The topological polar surface area (TPSA) is 53.6 Å². The fourth-order valence-corrected chi connectivity index (χ4v) is 2.70. The van der Waals surface area contributed by atoms with E-state index >= 15 is 0 Å². The van der Waals surface area contributed by atoms with Gasteiger partial charge in [0.2, 0.25) is 0 Å². The van der Waals surface area contributed by atoms with Gasteiger partial charge in [0, 0.05) is 12.1 Å². The predicted octanol–water partition coefficient (Wildman–Crippen LogP) is 2.82. The number of nitrogens with two attached hydrogens (primary N) is 1. The van der Waals surface area contributed by atoms with E-state index in [1.807, 2.05) is 0 Å². The summed E-state index contributed by atoms with van der Waals surface area (Å²) in [6.07, 6.45) is 7.63. The number of nitrogens with zero attached hydrogens (tertiary/aromatic N) is 2. The summed E-state index contributed by atoms with van der Waals surface area (Å²) in [6.45, 7) is 5.30. The van der Waals surface area contributed by atoms with E-state index in [9.17, 15) is 0 Å². The van der Waals surface area contributed by atoms with E-state index in [1.54, 1.807) is 0 Å². The molecule has 0 radical (unpaired) electrons. The Labute approximate surface area is 142 Å². The van der Waals surface area contributed by atoms with Crippen LogP contribution in [0.5, 0.6) is 0 Å². The van der Waals surface area contributed by atoms with Gasteiger partial charge in [-0.2, -0.15) is 0 Å². The number of nitrogens with one attached hydrogen (secondary N) is 1. The maximum Gasteiger partial charge on any atom is 0.188 e. The average Bonchev–Trinajstić information content (AvgIpc) is 2.35. The molecule has 0 aromatic rings. The van der Waals surface area contributed by atoms with Crippen molar-refractivity contribution in [2.24, 2.45) is 16.6 Å². The molecule has 1 rings (SSSR count). The van der Waals surface area contributed by atoms with Crippen molar-refractivity contribution < 1.29 is 0 Å². The predicted molar refractivity (Wildman–Crippen MR) is 98.8 cm³/mol. The Morgan fingerprint density at radius 3 is 2.35 bits per heavy atom. The van der Waals surface area contributed by atoms with E-state index in [4.69, 9.17) is 5.73 Å². The minimum absolute atomic E-state index is 0. The van der Waals surface area contributed by atoms with Crippen molar-refractivity contribution >= 4 is 29.9 Å². The molecular formula is C15H33IN4. The summed E-state index contributed by atoms with van der Waals surface area (Å²) in [4.78, 5) is 6.78. The normalized spacial score (nSPS) is 19.0. The molecule has 1 saturated carbocycles. The van der Waals surface area contributed by atoms with Crippen LogP contribution < -0.4 is 11.1 Å². The van der Waals surface area contributed by atoms with Crippen LogP contribution in [0.15, 0.2) is 4.99 Å². The zero-order valence-corrected chi connectivity index (χ0v) is 15.9. The molecule has 20 heavy (non-hydrogen) atoms. The fourth-order valence-electron chi connectivity index (χ4n) is 2.70. The third-order valence-electron chi connectivity index (χ3n) is 3.90. The minimum Gasteiger partial charge on any atom is -0.370 e. The molecule has 0 bridgehead atoms. The van der Waals surface area contributed by atoms with Gasteiger partial charge in [0.05, 0.1) is 6.54 Å². The van der Waals surface area contributed by atoms with Gasteiger partial charge in [-0.3, -0.25) is 4.99 Å². The Bertz CT molecular complexity index is 273. The van der Waals surface area contributed by atoms with Crippen LogP contribution in [0.1, 0.15) is 52.4 Å². The summed E-state index contributed by atoms with van der Waals surface area (Å²) in [6, 6.07) is 1.02. The highest BCUT2D eigenvalue weighted by Gasteiger charge is 2.15. The Morgan fingerprint density at radius 1 is 1.25 bits per heavy atom. The molecule has 0 aromatic carbocycles. The van der Waals surface area contributed by atoms with Crippen molar-refractivity contribution in [1.82, 2.24) is 10.2 Å². The lowest BCUT2D eigenvalue weighted by atomic mass is 9.96. The lowest BCUT2D eigenvalue weighted by Gasteiger charge is -2.26. The number of hydrogen-bond acceptors (Lipinski definition) is 2. The number of halogens is 1. The van der Waals surface area contributed by atoms with Gasteiger partial charge < -0.3 is 16.0 Å². The molecule has 1 aliphatic carbocycles. The molecular weight excluding hydrogens is 363 g/mol. The molecule has 0 amide bonds. The van der Waals surface area contributed by atoms with Gasteiger partial charge in [-0.05, 0) is 39.3 Å². The van der Waals surface area contributed by atoms with Gasteiger partial charge >= 0.3 is 0 Å². The van der Waals surface area contributed by atoms with Crippen molar-refractivity contribution in [2.75, 3.05) is 20.6 Å². The second kappa shape index (κ2) is 10.7. The first-order valence-corrected chi connectivity index (χ1v) is 7.72. The van der Waals surface area contributed by atoms with Crippen molar-refractivity contribution in [2.45, 2.75) is 64.5 Å². The van der Waals surface area contributed by atoms with E-state index in [0.717, 1.165) is 13.0 Å². The molecule has 1 unspecified atom stereocenters.